The monoisotopic (exact) mass is 423 g/mol. The number of pyridine rings is 1. The Kier molecular flexibility index (Phi) is 5.72. The molecule has 166 valence electrons. The fourth-order valence-electron chi connectivity index (χ4n) is 6.04. The van der Waals surface area contributed by atoms with Gasteiger partial charge in [-0.25, -0.2) is 0 Å². The van der Waals surface area contributed by atoms with Crippen molar-refractivity contribution in [2.75, 3.05) is 19.6 Å². The lowest BCUT2D eigenvalue weighted by Crippen LogP contribution is -2.38. The summed E-state index contributed by atoms with van der Waals surface area (Å²) in [5.74, 6) is 1.09. The fraction of sp³-hybridized carbons (Fsp3) is 0.640. The Balaban J connectivity index is 1.40. The average Bonchev–Trinajstić information content (AvgIpc) is 3.56. The van der Waals surface area contributed by atoms with Crippen LogP contribution in [0.25, 0.3) is 0 Å². The Morgan fingerprint density at radius 3 is 2.35 bits per heavy atom. The molecule has 0 unspecified atom stereocenters. The van der Waals surface area contributed by atoms with Gasteiger partial charge in [0.25, 0.3) is 11.8 Å². The van der Waals surface area contributed by atoms with E-state index in [9.17, 15) is 14.4 Å². The molecule has 1 saturated heterocycles. The van der Waals surface area contributed by atoms with E-state index in [0.29, 0.717) is 37.4 Å². The first kappa shape index (κ1) is 20.5. The molecule has 3 fully saturated rings. The van der Waals surface area contributed by atoms with Gasteiger partial charge in [0.2, 0.25) is 5.43 Å². The molecule has 6 heteroatoms. The summed E-state index contributed by atoms with van der Waals surface area (Å²) < 4.78 is 1.99. The summed E-state index contributed by atoms with van der Waals surface area (Å²) in [4.78, 5) is 41.2. The molecule has 4 aliphatic rings. The summed E-state index contributed by atoms with van der Waals surface area (Å²) in [6, 6.07) is 0.252. The molecule has 2 heterocycles. The van der Waals surface area contributed by atoms with Crippen LogP contribution in [0.2, 0.25) is 0 Å². The van der Waals surface area contributed by atoms with Crippen LogP contribution in [-0.4, -0.2) is 40.9 Å². The van der Waals surface area contributed by atoms with Crippen LogP contribution in [0.15, 0.2) is 29.3 Å². The smallest absolute Gasteiger partial charge is 0.259 e. The quantitative estimate of drug-likeness (QED) is 0.737. The number of hydrogen-bond acceptors (Lipinski definition) is 3. The lowest BCUT2D eigenvalue weighted by atomic mass is 9.93. The van der Waals surface area contributed by atoms with Crippen LogP contribution in [0.5, 0.6) is 0 Å². The number of likely N-dealkylation sites (tertiary alicyclic amines) is 1. The van der Waals surface area contributed by atoms with Gasteiger partial charge in [0.1, 0.15) is 11.1 Å². The molecule has 1 aromatic rings. The predicted molar refractivity (Wildman–Crippen MR) is 119 cm³/mol. The van der Waals surface area contributed by atoms with Crippen molar-refractivity contribution in [3.8, 4) is 0 Å². The van der Waals surface area contributed by atoms with Gasteiger partial charge in [-0.3, -0.25) is 14.4 Å². The minimum atomic E-state index is -0.422. The number of amides is 2. The molecule has 0 spiro atoms. The molecule has 5 rings (SSSR count). The summed E-state index contributed by atoms with van der Waals surface area (Å²) in [5, 5.41) is 3.02. The van der Waals surface area contributed by atoms with E-state index < -0.39 is 5.43 Å². The van der Waals surface area contributed by atoms with Gasteiger partial charge in [-0.15, -0.1) is 0 Å². The van der Waals surface area contributed by atoms with E-state index in [-0.39, 0.29) is 29.0 Å². The van der Waals surface area contributed by atoms with E-state index in [4.69, 9.17) is 0 Å². The molecule has 2 amide bonds. The zero-order chi connectivity index (χ0) is 21.4. The van der Waals surface area contributed by atoms with Crippen molar-refractivity contribution in [2.45, 2.75) is 63.8 Å². The zero-order valence-corrected chi connectivity index (χ0v) is 18.2. The van der Waals surface area contributed by atoms with Crippen LogP contribution in [0, 0.1) is 17.8 Å². The van der Waals surface area contributed by atoms with Gasteiger partial charge in [-0.1, -0.05) is 31.4 Å². The van der Waals surface area contributed by atoms with Gasteiger partial charge in [-0.2, -0.15) is 0 Å². The van der Waals surface area contributed by atoms with Crippen molar-refractivity contribution in [1.29, 1.82) is 0 Å². The second kappa shape index (κ2) is 8.64. The minimum Gasteiger partial charge on any atom is -0.352 e. The normalized spacial score (nSPS) is 27.7. The van der Waals surface area contributed by atoms with E-state index in [1.165, 1.54) is 12.8 Å². The van der Waals surface area contributed by atoms with E-state index >= 15 is 0 Å². The van der Waals surface area contributed by atoms with Crippen molar-refractivity contribution in [2.24, 2.45) is 17.8 Å². The molecule has 3 aliphatic carbocycles. The van der Waals surface area contributed by atoms with Crippen molar-refractivity contribution in [3.05, 3.63) is 45.9 Å². The van der Waals surface area contributed by atoms with Gasteiger partial charge in [-0.05, 0) is 56.3 Å². The van der Waals surface area contributed by atoms with Crippen molar-refractivity contribution >= 4 is 11.8 Å². The van der Waals surface area contributed by atoms with Gasteiger partial charge in [0.15, 0.2) is 0 Å². The first-order valence-corrected chi connectivity index (χ1v) is 12.1. The number of nitrogens with zero attached hydrogens (tertiary/aromatic N) is 2. The van der Waals surface area contributed by atoms with Crippen LogP contribution in [0.3, 0.4) is 0 Å². The predicted octanol–water partition coefficient (Wildman–Crippen LogP) is 3.53. The van der Waals surface area contributed by atoms with Crippen LogP contribution in [0.1, 0.15) is 84.5 Å². The highest BCUT2D eigenvalue weighted by molar-refractivity contribution is 5.99. The maximum atomic E-state index is 13.2. The first-order valence-electron chi connectivity index (χ1n) is 12.1. The second-order valence-electron chi connectivity index (χ2n) is 9.90. The zero-order valence-electron chi connectivity index (χ0n) is 18.2. The number of carbonyl (C=O) groups excluding carboxylic acids is 2. The molecule has 6 nitrogen and oxygen atoms in total. The second-order valence-corrected chi connectivity index (χ2v) is 9.90. The fourth-order valence-corrected chi connectivity index (χ4v) is 6.04. The minimum absolute atomic E-state index is 0.120. The Bertz CT molecular complexity index is 938. The SMILES string of the molecule is O=C(NC[C@H]1C[C@@H]2C=C[C@H]1C2)c1cn(C2CCCCC2)cc(C(=O)N2CCCC2)c1=O. The summed E-state index contributed by atoms with van der Waals surface area (Å²) in [5.41, 5.74) is -0.147. The maximum absolute atomic E-state index is 13.2. The third-order valence-corrected chi connectivity index (χ3v) is 7.85. The molecule has 0 radical (unpaired) electrons. The lowest BCUT2D eigenvalue weighted by molar-refractivity contribution is 0.0790. The van der Waals surface area contributed by atoms with Crippen molar-refractivity contribution in [3.63, 3.8) is 0 Å². The molecule has 3 atom stereocenters. The Morgan fingerprint density at radius 2 is 1.68 bits per heavy atom. The molecule has 31 heavy (non-hydrogen) atoms. The molecule has 1 aliphatic heterocycles. The Morgan fingerprint density at radius 1 is 0.935 bits per heavy atom. The number of rotatable bonds is 5. The largest absolute Gasteiger partial charge is 0.352 e. The standard InChI is InChI=1S/C25H33N3O3/c29-23-21(24(30)26-14-19-13-17-8-9-18(19)12-17)15-28(20-6-2-1-3-7-20)16-22(23)25(31)27-10-4-5-11-27/h8-9,15-20H,1-7,10-14H2,(H,26,30)/t17-,18+,19-/m1/s1. The molecular weight excluding hydrogens is 390 g/mol. The van der Waals surface area contributed by atoms with Crippen LogP contribution in [-0.2, 0) is 0 Å². The molecule has 0 aromatic carbocycles. The summed E-state index contributed by atoms with van der Waals surface area (Å²) in [6.45, 7) is 1.98. The van der Waals surface area contributed by atoms with Gasteiger partial charge in [0.05, 0.1) is 0 Å². The maximum Gasteiger partial charge on any atom is 0.259 e. The summed E-state index contributed by atoms with van der Waals surface area (Å²) in [7, 11) is 0. The van der Waals surface area contributed by atoms with Crippen molar-refractivity contribution in [1.82, 2.24) is 14.8 Å². The topological polar surface area (TPSA) is 71.4 Å². The average molecular weight is 424 g/mol. The highest BCUT2D eigenvalue weighted by Gasteiger charge is 2.36. The first-order chi connectivity index (χ1) is 15.1. The van der Waals surface area contributed by atoms with Crippen LogP contribution in [0.4, 0.5) is 0 Å². The van der Waals surface area contributed by atoms with Gasteiger partial charge < -0.3 is 14.8 Å². The highest BCUT2D eigenvalue weighted by atomic mass is 16.2. The van der Waals surface area contributed by atoms with E-state index in [0.717, 1.165) is 44.9 Å². The van der Waals surface area contributed by atoms with E-state index in [1.807, 2.05) is 4.57 Å². The number of nitrogens with one attached hydrogen (secondary N) is 1. The number of carbonyl (C=O) groups is 2. The molecular formula is C25H33N3O3. The van der Waals surface area contributed by atoms with E-state index in [2.05, 4.69) is 17.5 Å². The Labute approximate surface area is 183 Å². The van der Waals surface area contributed by atoms with Crippen molar-refractivity contribution < 1.29 is 9.59 Å². The van der Waals surface area contributed by atoms with E-state index in [1.54, 1.807) is 17.3 Å². The Hall–Kier alpha value is -2.37. The molecule has 1 aromatic heterocycles. The number of hydrogen-bond donors (Lipinski definition) is 1. The highest BCUT2D eigenvalue weighted by Crippen LogP contribution is 2.43. The number of allylic oxidation sites excluding steroid dienone is 2. The lowest BCUT2D eigenvalue weighted by Gasteiger charge is -2.26. The van der Waals surface area contributed by atoms with Gasteiger partial charge >= 0.3 is 0 Å². The third kappa shape index (κ3) is 4.09. The van der Waals surface area contributed by atoms with Gasteiger partial charge in [0, 0.05) is 38.1 Å². The van der Waals surface area contributed by atoms with Crippen LogP contribution >= 0.6 is 0 Å². The number of fused-ring (bicyclic) bond motifs is 2. The summed E-state index contributed by atoms with van der Waals surface area (Å²) in [6.07, 6.45) is 17.8. The summed E-state index contributed by atoms with van der Waals surface area (Å²) >= 11 is 0. The third-order valence-electron chi connectivity index (χ3n) is 7.85. The molecule has 1 N–H and O–H groups in total. The molecule has 2 saturated carbocycles. The molecule has 2 bridgehead atoms. The van der Waals surface area contributed by atoms with Crippen LogP contribution < -0.4 is 10.7 Å². The number of aromatic nitrogens is 1.